The number of carbonyl (C=O) groups is 4. The number of aromatic carboxylic acids is 1. The summed E-state index contributed by atoms with van der Waals surface area (Å²) < 4.78 is 11.2. The first-order chi connectivity index (χ1) is 17.3. The van der Waals surface area contributed by atoms with E-state index in [0.29, 0.717) is 28.3 Å². The molecule has 9 nitrogen and oxygen atoms in total. The zero-order valence-electron chi connectivity index (χ0n) is 19.5. The average Bonchev–Trinajstić information content (AvgIpc) is 2.86. The van der Waals surface area contributed by atoms with Gasteiger partial charge in [0.05, 0.1) is 18.4 Å². The highest BCUT2D eigenvalue weighted by atomic mass is 16.5. The lowest BCUT2D eigenvalue weighted by molar-refractivity contribution is -0.122. The molecule has 0 saturated carbocycles. The fraction of sp³-hybridized carbons (Fsp3) is 0.111. The Morgan fingerprint density at radius 1 is 1.00 bits per heavy atom. The van der Waals surface area contributed by atoms with Crippen LogP contribution >= 0.6 is 0 Å². The van der Waals surface area contributed by atoms with Gasteiger partial charge in [-0.25, -0.2) is 14.5 Å². The van der Waals surface area contributed by atoms with Gasteiger partial charge in [0.15, 0.2) is 11.5 Å². The third kappa shape index (κ3) is 5.10. The third-order valence-corrected chi connectivity index (χ3v) is 5.46. The van der Waals surface area contributed by atoms with E-state index in [9.17, 15) is 19.2 Å². The Morgan fingerprint density at radius 3 is 2.44 bits per heavy atom. The molecule has 3 aromatic carbocycles. The maximum absolute atomic E-state index is 13.1. The molecule has 1 aliphatic heterocycles. The Bertz CT molecular complexity index is 1390. The maximum atomic E-state index is 13.1. The second-order valence-corrected chi connectivity index (χ2v) is 8.00. The molecule has 4 rings (SSSR count). The molecule has 36 heavy (non-hydrogen) atoms. The van der Waals surface area contributed by atoms with Gasteiger partial charge in [-0.3, -0.25) is 14.9 Å². The number of imide groups is 2. The van der Waals surface area contributed by atoms with Crippen molar-refractivity contribution in [3.63, 3.8) is 0 Å². The summed E-state index contributed by atoms with van der Waals surface area (Å²) in [5, 5.41) is 11.3. The highest BCUT2D eigenvalue weighted by Gasteiger charge is 2.36. The number of carboxylic acids is 1. The number of nitrogens with one attached hydrogen (secondary N) is 1. The molecule has 1 saturated heterocycles. The summed E-state index contributed by atoms with van der Waals surface area (Å²) in [4.78, 5) is 50.0. The first-order valence-corrected chi connectivity index (χ1v) is 10.9. The molecule has 1 heterocycles. The lowest BCUT2D eigenvalue weighted by Crippen LogP contribution is -2.54. The SMILES string of the molecule is COc1cc(C=C2C(=O)NC(=O)N(c3ccc(C)cc3)C2=O)ccc1OCc1cccc(C(=O)O)c1. The summed E-state index contributed by atoms with van der Waals surface area (Å²) in [6, 6.07) is 17.2. The molecular formula is C27H22N2O7. The number of hydrogen-bond donors (Lipinski definition) is 2. The van der Waals surface area contributed by atoms with Crippen molar-refractivity contribution in [3.8, 4) is 11.5 Å². The number of anilines is 1. The molecule has 0 spiro atoms. The smallest absolute Gasteiger partial charge is 0.335 e. The van der Waals surface area contributed by atoms with Crippen LogP contribution in [0.4, 0.5) is 10.5 Å². The molecule has 0 atom stereocenters. The second kappa shape index (κ2) is 10.1. The zero-order valence-corrected chi connectivity index (χ0v) is 19.5. The number of amides is 4. The summed E-state index contributed by atoms with van der Waals surface area (Å²) in [7, 11) is 1.44. The van der Waals surface area contributed by atoms with Crippen molar-refractivity contribution < 1.29 is 33.8 Å². The van der Waals surface area contributed by atoms with Crippen LogP contribution in [0.15, 0.2) is 72.3 Å². The van der Waals surface area contributed by atoms with Gasteiger partial charge in [0.2, 0.25) is 0 Å². The Hall–Kier alpha value is -4.92. The van der Waals surface area contributed by atoms with Crippen molar-refractivity contribution in [3.05, 3.63) is 94.6 Å². The van der Waals surface area contributed by atoms with E-state index >= 15 is 0 Å². The molecule has 0 bridgehead atoms. The standard InChI is InChI=1S/C27H22N2O7/c1-16-6-9-20(10-7-16)29-25(31)21(24(30)28-27(29)34)13-17-8-11-22(23(14-17)35-2)36-15-18-4-3-5-19(12-18)26(32)33/h3-14H,15H2,1-2H3,(H,32,33)(H,28,30,34). The quantitative estimate of drug-likeness (QED) is 0.383. The molecule has 4 amide bonds. The molecule has 182 valence electrons. The van der Waals surface area contributed by atoms with Crippen molar-refractivity contribution in [1.82, 2.24) is 5.32 Å². The predicted molar refractivity (Wildman–Crippen MR) is 131 cm³/mol. The largest absolute Gasteiger partial charge is 0.493 e. The number of benzene rings is 3. The zero-order chi connectivity index (χ0) is 25.8. The lowest BCUT2D eigenvalue weighted by Gasteiger charge is -2.26. The van der Waals surface area contributed by atoms with Crippen LogP contribution in [0.25, 0.3) is 6.08 Å². The van der Waals surface area contributed by atoms with Crippen LogP contribution in [-0.4, -0.2) is 36.0 Å². The molecular weight excluding hydrogens is 464 g/mol. The van der Waals surface area contributed by atoms with Crippen LogP contribution < -0.4 is 19.7 Å². The van der Waals surface area contributed by atoms with Crippen molar-refractivity contribution in [2.45, 2.75) is 13.5 Å². The third-order valence-electron chi connectivity index (χ3n) is 5.46. The van der Waals surface area contributed by atoms with E-state index in [1.54, 1.807) is 54.6 Å². The maximum Gasteiger partial charge on any atom is 0.335 e. The minimum absolute atomic E-state index is 0.104. The number of ether oxygens (including phenoxy) is 2. The molecule has 3 aromatic rings. The molecule has 1 aliphatic rings. The van der Waals surface area contributed by atoms with Gasteiger partial charge >= 0.3 is 12.0 Å². The van der Waals surface area contributed by atoms with Crippen molar-refractivity contribution >= 4 is 35.6 Å². The number of hydrogen-bond acceptors (Lipinski definition) is 6. The predicted octanol–water partition coefficient (Wildman–Crippen LogP) is 3.95. The van der Waals surface area contributed by atoms with Gasteiger partial charge in [0.25, 0.3) is 11.8 Å². The summed E-state index contributed by atoms with van der Waals surface area (Å²) in [6.45, 7) is 1.98. The monoisotopic (exact) mass is 486 g/mol. The molecule has 9 heteroatoms. The van der Waals surface area contributed by atoms with Gasteiger partial charge in [0.1, 0.15) is 12.2 Å². The molecule has 0 unspecified atom stereocenters. The van der Waals surface area contributed by atoms with E-state index in [-0.39, 0.29) is 17.7 Å². The summed E-state index contributed by atoms with van der Waals surface area (Å²) >= 11 is 0. The lowest BCUT2D eigenvalue weighted by atomic mass is 10.1. The molecule has 0 aliphatic carbocycles. The summed E-state index contributed by atoms with van der Waals surface area (Å²) in [5.74, 6) is -1.85. The van der Waals surface area contributed by atoms with Crippen molar-refractivity contribution in [2.75, 3.05) is 12.0 Å². The van der Waals surface area contributed by atoms with E-state index in [1.165, 1.54) is 25.3 Å². The normalized spacial score (nSPS) is 14.6. The number of carboxylic acid groups (broad SMARTS) is 1. The van der Waals surface area contributed by atoms with E-state index < -0.39 is 23.8 Å². The van der Waals surface area contributed by atoms with Crippen LogP contribution in [0.5, 0.6) is 11.5 Å². The topological polar surface area (TPSA) is 122 Å². The van der Waals surface area contributed by atoms with Crippen molar-refractivity contribution in [1.29, 1.82) is 0 Å². The van der Waals surface area contributed by atoms with Gasteiger partial charge in [0, 0.05) is 0 Å². The van der Waals surface area contributed by atoms with E-state index in [2.05, 4.69) is 5.32 Å². The molecule has 0 radical (unpaired) electrons. The van der Waals surface area contributed by atoms with Crippen molar-refractivity contribution in [2.24, 2.45) is 0 Å². The minimum Gasteiger partial charge on any atom is -0.493 e. The highest BCUT2D eigenvalue weighted by Crippen LogP contribution is 2.30. The Kier molecular flexibility index (Phi) is 6.82. The van der Waals surface area contributed by atoms with Crippen LogP contribution in [0, 0.1) is 6.92 Å². The van der Waals surface area contributed by atoms with Gasteiger partial charge in [-0.2, -0.15) is 0 Å². The number of nitrogens with zero attached hydrogens (tertiary/aromatic N) is 1. The van der Waals surface area contributed by atoms with Gasteiger partial charge in [-0.1, -0.05) is 35.9 Å². The highest BCUT2D eigenvalue weighted by molar-refractivity contribution is 6.39. The van der Waals surface area contributed by atoms with Gasteiger partial charge in [-0.15, -0.1) is 0 Å². The Balaban J connectivity index is 1.57. The number of barbiturate groups is 1. The number of carbonyl (C=O) groups excluding carboxylic acids is 3. The van der Waals surface area contributed by atoms with E-state index in [0.717, 1.165) is 10.5 Å². The molecule has 2 N–H and O–H groups in total. The van der Waals surface area contributed by atoms with E-state index in [1.807, 2.05) is 6.92 Å². The van der Waals surface area contributed by atoms with Crippen LogP contribution in [0.3, 0.4) is 0 Å². The van der Waals surface area contributed by atoms with Crippen LogP contribution in [0.2, 0.25) is 0 Å². The first kappa shape index (κ1) is 24.2. The number of urea groups is 1. The van der Waals surface area contributed by atoms with Gasteiger partial charge < -0.3 is 14.6 Å². The Morgan fingerprint density at radius 2 is 1.75 bits per heavy atom. The fourth-order valence-electron chi connectivity index (χ4n) is 3.60. The van der Waals surface area contributed by atoms with Crippen LogP contribution in [0.1, 0.15) is 27.0 Å². The number of aryl methyl sites for hydroxylation is 1. The Labute approximate surface area is 206 Å². The first-order valence-electron chi connectivity index (χ1n) is 10.9. The van der Waals surface area contributed by atoms with Gasteiger partial charge in [-0.05, 0) is 60.5 Å². The summed E-state index contributed by atoms with van der Waals surface area (Å²) in [5.41, 5.74) is 2.38. The average molecular weight is 486 g/mol. The fourth-order valence-corrected chi connectivity index (χ4v) is 3.60. The second-order valence-electron chi connectivity index (χ2n) is 8.00. The van der Waals surface area contributed by atoms with E-state index in [4.69, 9.17) is 14.6 Å². The molecule has 1 fully saturated rings. The molecule has 0 aromatic heterocycles. The van der Waals surface area contributed by atoms with Crippen LogP contribution in [-0.2, 0) is 16.2 Å². The minimum atomic E-state index is -1.03. The summed E-state index contributed by atoms with van der Waals surface area (Å²) in [6.07, 6.45) is 1.37. The number of methoxy groups -OCH3 is 1. The number of rotatable bonds is 7.